The number of pyridine rings is 1. The lowest BCUT2D eigenvalue weighted by Crippen LogP contribution is -2.42. The van der Waals surface area contributed by atoms with Crippen LogP contribution in [0.2, 0.25) is 0 Å². The summed E-state index contributed by atoms with van der Waals surface area (Å²) < 4.78 is 0. The molecule has 2 aromatic carbocycles. The van der Waals surface area contributed by atoms with Gasteiger partial charge in [0.2, 0.25) is 0 Å². The number of carboxylic acid groups (broad SMARTS) is 1. The number of nitrogens with zero attached hydrogens (tertiary/aromatic N) is 1. The molecule has 2 aromatic heterocycles. The van der Waals surface area contributed by atoms with Crippen LogP contribution in [0.25, 0.3) is 22.4 Å². The molecule has 5 nitrogen and oxygen atoms in total. The number of hydrogen-bond donors (Lipinski definition) is 2. The molecule has 2 N–H and O–H groups in total. The van der Waals surface area contributed by atoms with Crippen LogP contribution in [0.4, 0.5) is 0 Å². The molecule has 4 aromatic rings. The topological polar surface area (TPSA) is 79.3 Å². The van der Waals surface area contributed by atoms with E-state index in [-0.39, 0.29) is 23.2 Å². The molecule has 2 heterocycles. The quantitative estimate of drug-likeness (QED) is 0.254. The largest absolute Gasteiger partial charge is 0.480 e. The molecule has 0 fully saturated rings. The number of rotatable bonds is 7. The Kier molecular flexibility index (Phi) is 8.07. The first-order chi connectivity index (χ1) is 18.3. The van der Waals surface area contributed by atoms with Gasteiger partial charge in [0.05, 0.1) is 10.6 Å². The molecule has 39 heavy (non-hydrogen) atoms. The van der Waals surface area contributed by atoms with Crippen LogP contribution in [-0.4, -0.2) is 28.0 Å². The predicted molar refractivity (Wildman–Crippen MR) is 159 cm³/mol. The molecule has 202 valence electrons. The Bertz CT molecular complexity index is 1440. The zero-order valence-electron chi connectivity index (χ0n) is 23.4. The Morgan fingerprint density at radius 2 is 1.41 bits per heavy atom. The summed E-state index contributed by atoms with van der Waals surface area (Å²) in [6.07, 6.45) is 2.07. The predicted octanol–water partition coefficient (Wildman–Crippen LogP) is 7.50. The SMILES string of the molecule is CC(C)(C)c1ccc(-c2ccc(-c3ccc(C[C@H](NC(=O)c4ccc(C(C)(C)C)s4)C(=O)O)cc3)nc2)cc1. The van der Waals surface area contributed by atoms with E-state index in [1.54, 1.807) is 6.07 Å². The lowest BCUT2D eigenvalue weighted by atomic mass is 9.86. The Labute approximate surface area is 235 Å². The number of benzene rings is 2. The minimum atomic E-state index is -1.06. The molecule has 0 saturated carbocycles. The second-order valence-corrected chi connectivity index (χ2v) is 13.0. The van der Waals surface area contributed by atoms with Crippen molar-refractivity contribution in [1.29, 1.82) is 0 Å². The highest BCUT2D eigenvalue weighted by Crippen LogP contribution is 2.30. The van der Waals surface area contributed by atoms with E-state index in [9.17, 15) is 14.7 Å². The van der Waals surface area contributed by atoms with Crippen molar-refractivity contribution >= 4 is 23.2 Å². The zero-order chi connectivity index (χ0) is 28.4. The Morgan fingerprint density at radius 1 is 0.795 bits per heavy atom. The molecule has 0 radical (unpaired) electrons. The van der Waals surface area contributed by atoms with Crippen molar-refractivity contribution in [2.75, 3.05) is 0 Å². The Hall–Kier alpha value is -3.77. The van der Waals surface area contributed by atoms with Crippen molar-refractivity contribution in [3.05, 3.63) is 99.9 Å². The molecule has 0 unspecified atom stereocenters. The second-order valence-electron chi connectivity index (χ2n) is 11.9. The van der Waals surface area contributed by atoms with Crippen LogP contribution in [0, 0.1) is 0 Å². The Morgan fingerprint density at radius 3 is 1.92 bits per heavy atom. The first kappa shape index (κ1) is 28.2. The van der Waals surface area contributed by atoms with Crippen LogP contribution in [0.3, 0.4) is 0 Å². The van der Waals surface area contributed by atoms with Crippen molar-refractivity contribution in [1.82, 2.24) is 10.3 Å². The number of hydrogen-bond acceptors (Lipinski definition) is 4. The first-order valence-electron chi connectivity index (χ1n) is 13.1. The third kappa shape index (κ3) is 7.01. The molecule has 1 amide bonds. The van der Waals surface area contributed by atoms with Crippen molar-refractivity contribution in [3.8, 4) is 22.4 Å². The highest BCUT2D eigenvalue weighted by molar-refractivity contribution is 7.14. The average Bonchev–Trinajstić information content (AvgIpc) is 3.40. The van der Waals surface area contributed by atoms with Crippen LogP contribution in [-0.2, 0) is 22.0 Å². The van der Waals surface area contributed by atoms with Gasteiger partial charge in [-0.3, -0.25) is 9.78 Å². The van der Waals surface area contributed by atoms with E-state index >= 15 is 0 Å². The second kappa shape index (κ2) is 11.1. The van der Waals surface area contributed by atoms with E-state index in [4.69, 9.17) is 0 Å². The van der Waals surface area contributed by atoms with Crippen molar-refractivity contribution in [2.24, 2.45) is 0 Å². The molecule has 0 bridgehead atoms. The minimum absolute atomic E-state index is 0.0655. The third-order valence-electron chi connectivity index (χ3n) is 6.71. The number of carboxylic acids is 1. The van der Waals surface area contributed by atoms with Gasteiger partial charge in [-0.15, -0.1) is 11.3 Å². The van der Waals surface area contributed by atoms with E-state index in [0.717, 1.165) is 32.8 Å². The van der Waals surface area contributed by atoms with Crippen LogP contribution in [0.1, 0.15) is 67.2 Å². The van der Waals surface area contributed by atoms with Gasteiger partial charge in [0.1, 0.15) is 6.04 Å². The zero-order valence-corrected chi connectivity index (χ0v) is 24.2. The maximum absolute atomic E-state index is 12.7. The van der Waals surface area contributed by atoms with Gasteiger partial charge in [-0.1, -0.05) is 96.1 Å². The van der Waals surface area contributed by atoms with Crippen LogP contribution >= 0.6 is 11.3 Å². The lowest BCUT2D eigenvalue weighted by molar-refractivity contribution is -0.139. The van der Waals surface area contributed by atoms with Gasteiger partial charge in [0.25, 0.3) is 5.91 Å². The minimum Gasteiger partial charge on any atom is -0.480 e. The number of aliphatic carboxylic acids is 1. The van der Waals surface area contributed by atoms with Gasteiger partial charge in [-0.05, 0) is 45.7 Å². The fourth-order valence-electron chi connectivity index (χ4n) is 4.24. The molecule has 4 rings (SSSR count). The smallest absolute Gasteiger partial charge is 0.326 e. The number of nitrogens with one attached hydrogen (secondary N) is 1. The molecule has 0 saturated heterocycles. The fraction of sp³-hybridized carbons (Fsp3) is 0.303. The molecular formula is C33H36N2O3S. The molecule has 0 aliphatic heterocycles. The monoisotopic (exact) mass is 540 g/mol. The van der Waals surface area contributed by atoms with Crippen LogP contribution < -0.4 is 5.32 Å². The molecule has 0 aliphatic rings. The van der Waals surface area contributed by atoms with Gasteiger partial charge < -0.3 is 10.4 Å². The maximum atomic E-state index is 12.7. The van der Waals surface area contributed by atoms with E-state index in [1.807, 2.05) is 42.6 Å². The number of amides is 1. The van der Waals surface area contributed by atoms with Gasteiger partial charge in [0, 0.05) is 28.6 Å². The lowest BCUT2D eigenvalue weighted by Gasteiger charge is -2.19. The number of thiophene rings is 1. The summed E-state index contributed by atoms with van der Waals surface area (Å²) in [7, 11) is 0. The van der Waals surface area contributed by atoms with E-state index < -0.39 is 12.0 Å². The van der Waals surface area contributed by atoms with E-state index in [2.05, 4.69) is 82.2 Å². The average molecular weight is 541 g/mol. The third-order valence-corrected chi connectivity index (χ3v) is 8.22. The normalized spacial score (nSPS) is 12.7. The van der Waals surface area contributed by atoms with Gasteiger partial charge in [-0.2, -0.15) is 0 Å². The summed E-state index contributed by atoms with van der Waals surface area (Å²) in [6.45, 7) is 12.9. The maximum Gasteiger partial charge on any atom is 0.326 e. The summed E-state index contributed by atoms with van der Waals surface area (Å²) in [5, 5.41) is 12.4. The highest BCUT2D eigenvalue weighted by atomic mass is 32.1. The van der Waals surface area contributed by atoms with Gasteiger partial charge in [-0.25, -0.2) is 4.79 Å². The van der Waals surface area contributed by atoms with Crippen molar-refractivity contribution in [2.45, 2.75) is 64.8 Å². The molecule has 0 spiro atoms. The van der Waals surface area contributed by atoms with Crippen molar-refractivity contribution in [3.63, 3.8) is 0 Å². The Balaban J connectivity index is 1.42. The summed E-state index contributed by atoms with van der Waals surface area (Å²) in [4.78, 5) is 30.9. The highest BCUT2D eigenvalue weighted by Gasteiger charge is 2.24. The van der Waals surface area contributed by atoms with Crippen LogP contribution in [0.5, 0.6) is 0 Å². The van der Waals surface area contributed by atoms with E-state index in [1.165, 1.54) is 16.9 Å². The molecule has 6 heteroatoms. The van der Waals surface area contributed by atoms with Gasteiger partial charge in [0.15, 0.2) is 0 Å². The standard InChI is InChI=1S/C33H36N2O3S/c1-32(2,3)25-14-11-22(12-15-25)24-13-16-26(34-20-24)23-9-7-21(8-10-23)19-27(31(37)38)35-30(36)28-17-18-29(39-28)33(4,5)6/h7-18,20,27H,19H2,1-6H3,(H,35,36)(H,37,38)/t27-/m0/s1. The first-order valence-corrected chi connectivity index (χ1v) is 13.9. The molecule has 0 aliphatic carbocycles. The van der Waals surface area contributed by atoms with Crippen LogP contribution in [0.15, 0.2) is 79.0 Å². The summed E-state index contributed by atoms with van der Waals surface area (Å²) in [6, 6.07) is 23.0. The summed E-state index contributed by atoms with van der Waals surface area (Å²) in [5.41, 5.74) is 6.12. The number of carbonyl (C=O) groups is 2. The molecular weight excluding hydrogens is 504 g/mol. The number of aromatic nitrogens is 1. The number of carbonyl (C=O) groups excluding carboxylic acids is 1. The van der Waals surface area contributed by atoms with Crippen molar-refractivity contribution < 1.29 is 14.7 Å². The summed E-state index contributed by atoms with van der Waals surface area (Å²) >= 11 is 1.40. The van der Waals surface area contributed by atoms with E-state index in [0.29, 0.717) is 4.88 Å². The summed E-state index contributed by atoms with van der Waals surface area (Å²) in [5.74, 6) is -1.43. The van der Waals surface area contributed by atoms with Gasteiger partial charge >= 0.3 is 5.97 Å². The fourth-order valence-corrected chi connectivity index (χ4v) is 5.20. The molecule has 1 atom stereocenters.